The number of pyridine rings is 2. The van der Waals surface area contributed by atoms with Gasteiger partial charge >= 0.3 is 24.3 Å². The molecule has 4 heterocycles. The number of carbonyl (C=O) groups is 2. The fraction of sp³-hybridized carbons (Fsp3) is 0.321. The van der Waals surface area contributed by atoms with Crippen LogP contribution in [0.2, 0.25) is 0 Å². The summed E-state index contributed by atoms with van der Waals surface area (Å²) in [5.74, 6) is -4.02. The third kappa shape index (κ3) is 9.77. The highest BCUT2D eigenvalue weighted by atomic mass is 19.4. The van der Waals surface area contributed by atoms with Gasteiger partial charge in [0, 0.05) is 43.2 Å². The van der Waals surface area contributed by atoms with E-state index in [0.717, 1.165) is 53.3 Å². The number of hydrogen-bond donors (Lipinski definition) is 2. The molecular weight excluding hydrogens is 632 g/mol. The van der Waals surface area contributed by atoms with Crippen molar-refractivity contribution in [2.24, 2.45) is 0 Å². The number of nitrogens with zero attached hydrogens (tertiary/aromatic N) is 5. The van der Waals surface area contributed by atoms with Crippen molar-refractivity contribution in [2.75, 3.05) is 33.9 Å². The Kier molecular flexibility index (Phi) is 11.8. The first-order valence-corrected chi connectivity index (χ1v) is 13.1. The summed E-state index contributed by atoms with van der Waals surface area (Å²) in [6.45, 7) is 2.95. The number of halogens is 6. The first-order chi connectivity index (χ1) is 21.6. The van der Waals surface area contributed by atoms with Gasteiger partial charge in [-0.2, -0.15) is 26.3 Å². The maximum atomic E-state index is 10.6. The molecule has 0 aliphatic carbocycles. The Morgan fingerprint density at radius 2 is 1.54 bits per heavy atom. The minimum atomic E-state index is -5.08. The SMILES string of the molecule is COc1ccc(-c2ccc3c(C4CN(Cc5cccnc5OC)CCO4)nnn3c2)cc1.O=C(O)C(F)(F)F.O=C(O)C(F)(F)F. The maximum Gasteiger partial charge on any atom is 0.490 e. The Hall–Kier alpha value is -4.97. The van der Waals surface area contributed by atoms with Crippen molar-refractivity contribution in [3.8, 4) is 22.8 Å². The summed E-state index contributed by atoms with van der Waals surface area (Å²) >= 11 is 0. The lowest BCUT2D eigenvalue weighted by molar-refractivity contribution is -0.193. The van der Waals surface area contributed by atoms with Crippen LogP contribution in [0.25, 0.3) is 16.6 Å². The number of hydrogen-bond acceptors (Lipinski definition) is 9. The van der Waals surface area contributed by atoms with Gasteiger partial charge < -0.3 is 24.4 Å². The number of aliphatic carboxylic acids is 2. The summed E-state index contributed by atoms with van der Waals surface area (Å²) in [5, 5.41) is 23.1. The Balaban J connectivity index is 0.000000345. The number of alkyl halides is 6. The molecule has 0 spiro atoms. The third-order valence-corrected chi connectivity index (χ3v) is 6.24. The molecule has 248 valence electrons. The first-order valence-electron chi connectivity index (χ1n) is 13.1. The topological polar surface area (TPSA) is 149 Å². The molecule has 0 radical (unpaired) electrons. The van der Waals surface area contributed by atoms with Crippen LogP contribution in [0.1, 0.15) is 17.4 Å². The van der Waals surface area contributed by atoms with Crippen molar-refractivity contribution in [3.63, 3.8) is 0 Å². The standard InChI is InChI=1S/C24H25N5O3.2C2HF3O2/c1-30-20-8-5-17(6-9-20)18-7-10-21-23(26-27-29(21)15-18)22-16-28(12-13-32-22)14-19-4-3-11-25-24(19)31-2;2*3-2(4,5)1(6)7/h3-11,15,22H,12-14,16H2,1-2H3;2*(H,6,7). The molecule has 1 aromatic carbocycles. The van der Waals surface area contributed by atoms with E-state index in [9.17, 15) is 26.3 Å². The number of carboxylic acid groups (broad SMARTS) is 2. The summed E-state index contributed by atoms with van der Waals surface area (Å²) in [4.78, 5) is 24.4. The number of benzene rings is 1. The highest BCUT2D eigenvalue weighted by molar-refractivity contribution is 5.73. The van der Waals surface area contributed by atoms with Crippen LogP contribution >= 0.6 is 0 Å². The highest BCUT2D eigenvalue weighted by Gasteiger charge is 2.39. The first kappa shape index (κ1) is 35.5. The zero-order valence-electron chi connectivity index (χ0n) is 24.1. The number of ether oxygens (including phenoxy) is 3. The van der Waals surface area contributed by atoms with E-state index in [0.29, 0.717) is 12.5 Å². The van der Waals surface area contributed by atoms with Gasteiger partial charge in [-0.1, -0.05) is 29.5 Å². The van der Waals surface area contributed by atoms with Gasteiger partial charge in [0.05, 0.1) is 26.3 Å². The molecule has 3 aromatic heterocycles. The fourth-order valence-corrected chi connectivity index (χ4v) is 4.08. The Bertz CT molecular complexity index is 1590. The van der Waals surface area contributed by atoms with Crippen molar-refractivity contribution in [2.45, 2.75) is 25.0 Å². The molecule has 0 amide bonds. The Morgan fingerprint density at radius 3 is 2.11 bits per heavy atom. The summed E-state index contributed by atoms with van der Waals surface area (Å²) in [6.07, 6.45) is -6.57. The normalized spacial score (nSPS) is 15.2. The van der Waals surface area contributed by atoms with Gasteiger partial charge in [0.25, 0.3) is 0 Å². The van der Waals surface area contributed by atoms with Crippen molar-refractivity contribution >= 4 is 17.5 Å². The quantitative estimate of drug-likeness (QED) is 0.279. The number of methoxy groups -OCH3 is 2. The van der Waals surface area contributed by atoms with Gasteiger partial charge in [-0.05, 0) is 29.8 Å². The lowest BCUT2D eigenvalue weighted by atomic mass is 10.1. The van der Waals surface area contributed by atoms with Crippen LogP contribution in [0.4, 0.5) is 26.3 Å². The number of carboxylic acids is 2. The molecule has 1 unspecified atom stereocenters. The highest BCUT2D eigenvalue weighted by Crippen LogP contribution is 2.28. The second-order valence-corrected chi connectivity index (χ2v) is 9.32. The van der Waals surface area contributed by atoms with Crippen LogP contribution in [0.3, 0.4) is 0 Å². The predicted molar refractivity (Wildman–Crippen MR) is 147 cm³/mol. The van der Waals surface area contributed by atoms with Crippen LogP contribution < -0.4 is 9.47 Å². The molecule has 12 nitrogen and oxygen atoms in total. The molecule has 1 atom stereocenters. The average molecular weight is 660 g/mol. The van der Waals surface area contributed by atoms with Gasteiger partial charge in [-0.25, -0.2) is 19.1 Å². The van der Waals surface area contributed by atoms with E-state index >= 15 is 0 Å². The molecule has 1 saturated heterocycles. The van der Waals surface area contributed by atoms with Crippen LogP contribution in [0.15, 0.2) is 60.9 Å². The van der Waals surface area contributed by atoms with Gasteiger partial charge in [0.15, 0.2) is 0 Å². The molecule has 5 rings (SSSR count). The van der Waals surface area contributed by atoms with E-state index in [4.69, 9.17) is 34.0 Å². The van der Waals surface area contributed by atoms with Crippen LogP contribution in [0, 0.1) is 0 Å². The smallest absolute Gasteiger partial charge is 0.490 e. The Labute approximate surface area is 256 Å². The maximum absolute atomic E-state index is 10.6. The Morgan fingerprint density at radius 1 is 0.935 bits per heavy atom. The summed E-state index contributed by atoms with van der Waals surface area (Å²) in [6, 6.07) is 16.1. The summed E-state index contributed by atoms with van der Waals surface area (Å²) in [7, 11) is 3.32. The lowest BCUT2D eigenvalue weighted by Gasteiger charge is -2.32. The second-order valence-electron chi connectivity index (χ2n) is 9.32. The average Bonchev–Trinajstić information content (AvgIpc) is 3.45. The molecule has 1 fully saturated rings. The predicted octanol–water partition coefficient (Wildman–Crippen LogP) is 4.65. The zero-order valence-corrected chi connectivity index (χ0v) is 24.1. The molecule has 0 bridgehead atoms. The van der Waals surface area contributed by atoms with Crippen LogP contribution in [0.5, 0.6) is 11.6 Å². The van der Waals surface area contributed by atoms with E-state index < -0.39 is 24.3 Å². The molecule has 2 N–H and O–H groups in total. The van der Waals surface area contributed by atoms with Crippen molar-refractivity contribution in [1.29, 1.82) is 0 Å². The second kappa shape index (κ2) is 15.3. The van der Waals surface area contributed by atoms with Gasteiger partial charge in [0.1, 0.15) is 17.5 Å². The number of fused-ring (bicyclic) bond motifs is 1. The van der Waals surface area contributed by atoms with Crippen molar-refractivity contribution in [3.05, 3.63) is 72.2 Å². The number of aromatic nitrogens is 4. The van der Waals surface area contributed by atoms with E-state index in [1.807, 2.05) is 47.1 Å². The number of rotatable bonds is 6. The largest absolute Gasteiger partial charge is 0.497 e. The summed E-state index contributed by atoms with van der Waals surface area (Å²) < 4.78 is 82.0. The van der Waals surface area contributed by atoms with E-state index in [1.165, 1.54) is 0 Å². The van der Waals surface area contributed by atoms with Crippen LogP contribution in [-0.2, 0) is 20.9 Å². The molecule has 18 heteroatoms. The molecule has 0 saturated carbocycles. The van der Waals surface area contributed by atoms with Gasteiger partial charge in [-0.15, -0.1) is 5.10 Å². The molecule has 1 aliphatic heterocycles. The fourth-order valence-electron chi connectivity index (χ4n) is 4.08. The van der Waals surface area contributed by atoms with Gasteiger partial charge in [0.2, 0.25) is 5.88 Å². The van der Waals surface area contributed by atoms with Gasteiger partial charge in [-0.3, -0.25) is 4.90 Å². The number of morpholine rings is 1. The molecule has 1 aliphatic rings. The summed E-state index contributed by atoms with van der Waals surface area (Å²) in [5.41, 5.74) is 5.02. The van der Waals surface area contributed by atoms with E-state index in [-0.39, 0.29) is 6.10 Å². The third-order valence-electron chi connectivity index (χ3n) is 6.24. The monoisotopic (exact) mass is 659 g/mol. The lowest BCUT2D eigenvalue weighted by Crippen LogP contribution is -2.38. The molecule has 4 aromatic rings. The van der Waals surface area contributed by atoms with E-state index in [1.54, 1.807) is 20.4 Å². The van der Waals surface area contributed by atoms with Crippen molar-refractivity contribution in [1.82, 2.24) is 24.7 Å². The molecule has 46 heavy (non-hydrogen) atoms. The molecular formula is C28H27F6N5O7. The van der Waals surface area contributed by atoms with Crippen molar-refractivity contribution < 1.29 is 60.4 Å². The van der Waals surface area contributed by atoms with Crippen LogP contribution in [-0.4, -0.2) is 93.1 Å². The minimum Gasteiger partial charge on any atom is -0.497 e. The van der Waals surface area contributed by atoms with E-state index in [2.05, 4.69) is 32.3 Å². The zero-order chi connectivity index (χ0) is 34.1. The minimum absolute atomic E-state index is 0.143.